The predicted octanol–water partition coefficient (Wildman–Crippen LogP) is 1.10. The van der Waals surface area contributed by atoms with Gasteiger partial charge in [-0.05, 0) is 19.8 Å². The third-order valence-electron chi connectivity index (χ3n) is 2.72. The molecule has 0 aromatic heterocycles. The summed E-state index contributed by atoms with van der Waals surface area (Å²) >= 11 is 0. The first-order valence-electron chi connectivity index (χ1n) is 5.87. The molecule has 1 heterocycles. The predicted molar refractivity (Wildman–Crippen MR) is 59.6 cm³/mol. The first-order chi connectivity index (χ1) is 6.84. The van der Waals surface area contributed by atoms with Crippen molar-refractivity contribution in [2.45, 2.75) is 32.7 Å². The highest BCUT2D eigenvalue weighted by molar-refractivity contribution is 4.75. The fraction of sp³-hybridized carbons (Fsp3) is 1.00. The summed E-state index contributed by atoms with van der Waals surface area (Å²) in [4.78, 5) is 2.55. The minimum atomic E-state index is 0.690. The largest absolute Gasteiger partial charge is 0.381 e. The first-order valence-corrected chi connectivity index (χ1v) is 5.87. The number of nitrogens with one attached hydrogen (secondary N) is 1. The zero-order chi connectivity index (χ0) is 10.2. The highest BCUT2D eigenvalue weighted by Gasteiger charge is 2.16. The van der Waals surface area contributed by atoms with Gasteiger partial charge in [-0.2, -0.15) is 0 Å². The molecule has 0 aliphatic carbocycles. The van der Waals surface area contributed by atoms with Crippen molar-refractivity contribution in [2.24, 2.45) is 0 Å². The number of hydrogen-bond acceptors (Lipinski definition) is 3. The van der Waals surface area contributed by atoms with Gasteiger partial charge in [0.15, 0.2) is 0 Å². The molecule has 1 unspecified atom stereocenters. The smallest absolute Gasteiger partial charge is 0.0478 e. The molecule has 3 heteroatoms. The van der Waals surface area contributed by atoms with Gasteiger partial charge in [0.1, 0.15) is 0 Å². The van der Waals surface area contributed by atoms with Gasteiger partial charge >= 0.3 is 0 Å². The van der Waals surface area contributed by atoms with Crippen molar-refractivity contribution in [3.63, 3.8) is 0 Å². The van der Waals surface area contributed by atoms with Gasteiger partial charge in [0.05, 0.1) is 0 Å². The average molecular weight is 200 g/mol. The van der Waals surface area contributed by atoms with Gasteiger partial charge in [0.25, 0.3) is 0 Å². The minimum Gasteiger partial charge on any atom is -0.381 e. The number of rotatable bonds is 6. The van der Waals surface area contributed by atoms with E-state index in [2.05, 4.69) is 24.1 Å². The molecule has 1 N–H and O–H groups in total. The monoisotopic (exact) mass is 200 g/mol. The molecular formula is C11H24N2O. The second-order valence-electron chi connectivity index (χ2n) is 4.06. The third kappa shape index (κ3) is 4.40. The van der Waals surface area contributed by atoms with E-state index in [0.29, 0.717) is 6.04 Å². The van der Waals surface area contributed by atoms with Crippen molar-refractivity contribution in [1.29, 1.82) is 0 Å². The number of nitrogens with zero attached hydrogens (tertiary/aromatic N) is 1. The lowest BCUT2D eigenvalue weighted by Gasteiger charge is -2.33. The second-order valence-corrected chi connectivity index (χ2v) is 4.06. The number of hydrogen-bond donors (Lipinski definition) is 1. The summed E-state index contributed by atoms with van der Waals surface area (Å²) in [6.07, 6.45) is 2.30. The molecule has 0 amide bonds. The highest BCUT2D eigenvalue weighted by Crippen LogP contribution is 2.02. The molecule has 0 spiro atoms. The summed E-state index contributed by atoms with van der Waals surface area (Å²) in [5, 5.41) is 3.40. The Bertz CT molecular complexity index is 141. The molecule has 0 bridgehead atoms. The Morgan fingerprint density at radius 1 is 1.43 bits per heavy atom. The van der Waals surface area contributed by atoms with E-state index < -0.39 is 0 Å². The SMILES string of the molecule is CCCOCCCN1CCNCC1C. The second kappa shape index (κ2) is 7.21. The number of piperazine rings is 1. The van der Waals surface area contributed by atoms with Crippen LogP contribution in [0.25, 0.3) is 0 Å². The molecule has 1 aliphatic heterocycles. The summed E-state index contributed by atoms with van der Waals surface area (Å²) in [6.45, 7) is 10.9. The van der Waals surface area contributed by atoms with Crippen LogP contribution in [0.1, 0.15) is 26.7 Å². The Balaban J connectivity index is 1.99. The van der Waals surface area contributed by atoms with E-state index in [-0.39, 0.29) is 0 Å². The highest BCUT2D eigenvalue weighted by atomic mass is 16.5. The molecule has 14 heavy (non-hydrogen) atoms. The molecule has 1 aliphatic rings. The Hall–Kier alpha value is -0.120. The Labute approximate surface area is 87.8 Å². The summed E-state index contributed by atoms with van der Waals surface area (Å²) in [6, 6.07) is 0.690. The summed E-state index contributed by atoms with van der Waals surface area (Å²) in [5.41, 5.74) is 0. The molecule has 1 saturated heterocycles. The maximum Gasteiger partial charge on any atom is 0.0478 e. The van der Waals surface area contributed by atoms with Crippen LogP contribution in [0.2, 0.25) is 0 Å². The summed E-state index contributed by atoms with van der Waals surface area (Å²) in [7, 11) is 0. The lowest BCUT2D eigenvalue weighted by molar-refractivity contribution is 0.107. The van der Waals surface area contributed by atoms with Gasteiger partial charge in [0.2, 0.25) is 0 Å². The van der Waals surface area contributed by atoms with Crippen LogP contribution < -0.4 is 5.32 Å². The quantitative estimate of drug-likeness (QED) is 0.650. The lowest BCUT2D eigenvalue weighted by Crippen LogP contribution is -2.50. The molecule has 0 aromatic carbocycles. The lowest BCUT2D eigenvalue weighted by atomic mass is 10.2. The van der Waals surface area contributed by atoms with Gasteiger partial charge in [-0.3, -0.25) is 4.90 Å². The van der Waals surface area contributed by atoms with E-state index in [0.717, 1.165) is 32.7 Å². The Morgan fingerprint density at radius 3 is 3.00 bits per heavy atom. The molecule has 0 saturated carbocycles. The molecular weight excluding hydrogens is 176 g/mol. The maximum absolute atomic E-state index is 5.47. The number of ether oxygens (including phenoxy) is 1. The van der Waals surface area contributed by atoms with Crippen molar-refractivity contribution in [1.82, 2.24) is 10.2 Å². The summed E-state index contributed by atoms with van der Waals surface area (Å²) in [5.74, 6) is 0. The molecule has 1 rings (SSSR count). The fourth-order valence-corrected chi connectivity index (χ4v) is 1.83. The van der Waals surface area contributed by atoms with E-state index in [4.69, 9.17) is 4.74 Å². The van der Waals surface area contributed by atoms with Gasteiger partial charge in [-0.15, -0.1) is 0 Å². The maximum atomic E-state index is 5.47. The van der Waals surface area contributed by atoms with Gasteiger partial charge in [-0.25, -0.2) is 0 Å². The van der Waals surface area contributed by atoms with Crippen molar-refractivity contribution in [2.75, 3.05) is 39.4 Å². The van der Waals surface area contributed by atoms with Crippen LogP contribution in [0.5, 0.6) is 0 Å². The van der Waals surface area contributed by atoms with Crippen LogP contribution in [0.15, 0.2) is 0 Å². The van der Waals surface area contributed by atoms with E-state index in [1.54, 1.807) is 0 Å². The van der Waals surface area contributed by atoms with Crippen molar-refractivity contribution < 1.29 is 4.74 Å². The normalized spacial score (nSPS) is 24.0. The van der Waals surface area contributed by atoms with Crippen LogP contribution in [-0.2, 0) is 4.74 Å². The molecule has 3 nitrogen and oxygen atoms in total. The standard InChI is InChI=1S/C11H24N2O/c1-3-8-14-9-4-6-13-7-5-12-10-11(13)2/h11-12H,3-10H2,1-2H3. The third-order valence-corrected chi connectivity index (χ3v) is 2.72. The zero-order valence-electron chi connectivity index (χ0n) is 9.59. The Kier molecular flexibility index (Phi) is 6.15. The van der Waals surface area contributed by atoms with E-state index in [1.807, 2.05) is 0 Å². The van der Waals surface area contributed by atoms with Crippen molar-refractivity contribution >= 4 is 0 Å². The van der Waals surface area contributed by atoms with Crippen LogP contribution >= 0.6 is 0 Å². The fourth-order valence-electron chi connectivity index (χ4n) is 1.83. The molecule has 0 aromatic rings. The molecule has 0 radical (unpaired) electrons. The zero-order valence-corrected chi connectivity index (χ0v) is 9.59. The van der Waals surface area contributed by atoms with E-state index in [1.165, 1.54) is 19.5 Å². The average Bonchev–Trinajstić information content (AvgIpc) is 2.20. The van der Waals surface area contributed by atoms with Crippen LogP contribution in [0.3, 0.4) is 0 Å². The van der Waals surface area contributed by atoms with Crippen LogP contribution in [0, 0.1) is 0 Å². The van der Waals surface area contributed by atoms with Crippen LogP contribution in [-0.4, -0.2) is 50.3 Å². The molecule has 84 valence electrons. The summed E-state index contributed by atoms with van der Waals surface area (Å²) < 4.78 is 5.47. The van der Waals surface area contributed by atoms with Crippen molar-refractivity contribution in [3.05, 3.63) is 0 Å². The molecule has 1 atom stereocenters. The Morgan fingerprint density at radius 2 is 2.29 bits per heavy atom. The van der Waals surface area contributed by atoms with Gasteiger partial charge in [0, 0.05) is 45.4 Å². The minimum absolute atomic E-state index is 0.690. The van der Waals surface area contributed by atoms with E-state index >= 15 is 0 Å². The van der Waals surface area contributed by atoms with Gasteiger partial charge < -0.3 is 10.1 Å². The topological polar surface area (TPSA) is 24.5 Å². The molecule has 1 fully saturated rings. The van der Waals surface area contributed by atoms with Crippen molar-refractivity contribution in [3.8, 4) is 0 Å². The van der Waals surface area contributed by atoms with E-state index in [9.17, 15) is 0 Å². The first kappa shape index (κ1) is 12.0. The van der Waals surface area contributed by atoms with Crippen LogP contribution in [0.4, 0.5) is 0 Å². The van der Waals surface area contributed by atoms with Gasteiger partial charge in [-0.1, -0.05) is 6.92 Å².